The lowest BCUT2D eigenvalue weighted by Crippen LogP contribution is -2.45. The van der Waals surface area contributed by atoms with Crippen molar-refractivity contribution in [1.82, 2.24) is 5.06 Å². The number of hydrogen-bond acceptors (Lipinski definition) is 7. The van der Waals surface area contributed by atoms with Gasteiger partial charge in [-0.15, -0.1) is 5.06 Å². The first-order valence-corrected chi connectivity index (χ1v) is 15.4. The van der Waals surface area contributed by atoms with Crippen LogP contribution in [0.25, 0.3) is 10.8 Å². The van der Waals surface area contributed by atoms with E-state index in [4.69, 9.17) is 23.8 Å². The van der Waals surface area contributed by atoms with Gasteiger partial charge >= 0.3 is 6.16 Å². The van der Waals surface area contributed by atoms with Crippen molar-refractivity contribution in [2.45, 2.75) is 64.6 Å². The van der Waals surface area contributed by atoms with Crippen LogP contribution in [0.1, 0.15) is 55.4 Å². The number of carbonyl (C=O) groups is 1. The van der Waals surface area contributed by atoms with Crippen molar-refractivity contribution < 1.29 is 28.6 Å². The van der Waals surface area contributed by atoms with E-state index >= 15 is 0 Å². The molecule has 4 aromatic rings. The molecule has 0 amide bonds. The molecule has 7 nitrogen and oxygen atoms in total. The summed E-state index contributed by atoms with van der Waals surface area (Å²) in [5, 5.41) is 4.05. The summed E-state index contributed by atoms with van der Waals surface area (Å²) in [6.45, 7) is 9.18. The summed E-state index contributed by atoms with van der Waals surface area (Å²) >= 11 is 0. The minimum Gasteiger partial charge on any atom is -0.427 e. The summed E-state index contributed by atoms with van der Waals surface area (Å²) < 4.78 is 23.5. The third kappa shape index (κ3) is 9.63. The van der Waals surface area contributed by atoms with Crippen LogP contribution in [0.15, 0.2) is 97.1 Å². The minimum absolute atomic E-state index is 0.148. The number of benzene rings is 4. The lowest BCUT2D eigenvalue weighted by Gasteiger charge is -2.37. The van der Waals surface area contributed by atoms with Crippen molar-refractivity contribution in [3.8, 4) is 0 Å². The summed E-state index contributed by atoms with van der Waals surface area (Å²) in [6, 6.07) is 33.4. The zero-order chi connectivity index (χ0) is 30.8. The van der Waals surface area contributed by atoms with Gasteiger partial charge in [0.1, 0.15) is 5.60 Å². The van der Waals surface area contributed by atoms with Gasteiger partial charge in [0.05, 0.1) is 45.7 Å². The smallest absolute Gasteiger partial charge is 0.427 e. The van der Waals surface area contributed by atoms with Crippen molar-refractivity contribution in [1.29, 1.82) is 0 Å². The molecular formula is C37H43NO6. The zero-order valence-electron chi connectivity index (χ0n) is 25.9. The second-order valence-electron chi connectivity index (χ2n) is 12.2. The van der Waals surface area contributed by atoms with Crippen LogP contribution in [0.4, 0.5) is 4.79 Å². The Morgan fingerprint density at radius 1 is 0.750 bits per heavy atom. The number of carbonyl (C=O) groups excluding carboxylic acids is 1. The van der Waals surface area contributed by atoms with Gasteiger partial charge < -0.3 is 23.8 Å². The van der Waals surface area contributed by atoms with E-state index in [9.17, 15) is 4.79 Å². The van der Waals surface area contributed by atoms with Crippen LogP contribution in [0, 0.1) is 0 Å². The lowest BCUT2D eigenvalue weighted by molar-refractivity contribution is -0.179. The Morgan fingerprint density at radius 3 is 2.09 bits per heavy atom. The molecule has 1 aliphatic rings. The molecule has 0 spiro atoms. The quantitative estimate of drug-likeness (QED) is 0.122. The van der Waals surface area contributed by atoms with Crippen molar-refractivity contribution in [2.75, 3.05) is 26.3 Å². The van der Waals surface area contributed by atoms with Crippen LogP contribution in [-0.2, 0) is 43.6 Å². The molecule has 44 heavy (non-hydrogen) atoms. The van der Waals surface area contributed by atoms with Crippen LogP contribution in [0.5, 0.6) is 0 Å². The predicted octanol–water partition coefficient (Wildman–Crippen LogP) is 7.81. The molecule has 1 fully saturated rings. The van der Waals surface area contributed by atoms with Gasteiger partial charge in [-0.3, -0.25) is 0 Å². The molecule has 5 rings (SSSR count). The van der Waals surface area contributed by atoms with Crippen molar-refractivity contribution in [3.63, 3.8) is 0 Å². The first kappa shape index (κ1) is 31.7. The van der Waals surface area contributed by atoms with Gasteiger partial charge in [-0.25, -0.2) is 4.79 Å². The number of hydrogen-bond donors (Lipinski definition) is 0. The van der Waals surface area contributed by atoms with Gasteiger partial charge in [-0.05, 0) is 66.3 Å². The number of ether oxygens (including phenoxy) is 4. The number of fused-ring (bicyclic) bond motifs is 1. The number of rotatable bonds is 12. The van der Waals surface area contributed by atoms with Gasteiger partial charge in [0, 0.05) is 12.5 Å². The van der Waals surface area contributed by atoms with Crippen LogP contribution < -0.4 is 0 Å². The van der Waals surface area contributed by atoms with Crippen molar-refractivity contribution in [2.24, 2.45) is 0 Å². The Bertz CT molecular complexity index is 1470. The second kappa shape index (κ2) is 15.3. The van der Waals surface area contributed by atoms with Gasteiger partial charge in [-0.1, -0.05) is 91.0 Å². The summed E-state index contributed by atoms with van der Waals surface area (Å²) in [4.78, 5) is 18.0. The standard InChI is InChI=1S/C37H43NO6/c1-37(2,3)43-36(39)44-38-20-19-34(35(24-38)42-27-30-15-16-31-11-7-8-12-33(31)23-30)32-17-13-29(14-18-32)26-41-22-21-40-25-28-9-5-4-6-10-28/h4-18,23,34-35H,19-22,24-27H2,1-3H3. The Hall–Kier alpha value is -3.75. The third-order valence-electron chi connectivity index (χ3n) is 7.55. The van der Waals surface area contributed by atoms with E-state index in [0.29, 0.717) is 46.1 Å². The normalized spacial score (nSPS) is 17.4. The van der Waals surface area contributed by atoms with E-state index in [1.54, 1.807) is 5.06 Å². The van der Waals surface area contributed by atoms with E-state index in [1.165, 1.54) is 16.3 Å². The molecular weight excluding hydrogens is 554 g/mol. The van der Waals surface area contributed by atoms with Crippen molar-refractivity contribution >= 4 is 16.9 Å². The van der Waals surface area contributed by atoms with E-state index in [1.807, 2.05) is 51.1 Å². The molecule has 0 radical (unpaired) electrons. The van der Waals surface area contributed by atoms with Crippen molar-refractivity contribution in [3.05, 3.63) is 119 Å². The highest BCUT2D eigenvalue weighted by molar-refractivity contribution is 5.82. The molecule has 0 N–H and O–H groups in total. The van der Waals surface area contributed by atoms with E-state index in [0.717, 1.165) is 23.1 Å². The third-order valence-corrected chi connectivity index (χ3v) is 7.55. The fourth-order valence-corrected chi connectivity index (χ4v) is 5.36. The fourth-order valence-electron chi connectivity index (χ4n) is 5.36. The first-order valence-electron chi connectivity index (χ1n) is 15.4. The maximum atomic E-state index is 12.4. The summed E-state index contributed by atoms with van der Waals surface area (Å²) in [5.74, 6) is 0.148. The topological polar surface area (TPSA) is 66.5 Å². The molecule has 0 aromatic heterocycles. The highest BCUT2D eigenvalue weighted by Gasteiger charge is 2.34. The lowest BCUT2D eigenvalue weighted by atomic mass is 9.87. The van der Waals surface area contributed by atoms with Gasteiger partial charge in [0.25, 0.3) is 0 Å². The molecule has 0 aliphatic carbocycles. The van der Waals surface area contributed by atoms with Crippen LogP contribution in [0.3, 0.4) is 0 Å². The molecule has 232 valence electrons. The zero-order valence-corrected chi connectivity index (χ0v) is 25.9. The fraction of sp³-hybridized carbons (Fsp3) is 0.378. The van der Waals surface area contributed by atoms with Crippen LogP contribution in [0.2, 0.25) is 0 Å². The number of piperidine rings is 1. The monoisotopic (exact) mass is 597 g/mol. The summed E-state index contributed by atoms with van der Waals surface area (Å²) in [6.07, 6.45) is -0.0969. The maximum Gasteiger partial charge on any atom is 0.528 e. The molecule has 4 aromatic carbocycles. The highest BCUT2D eigenvalue weighted by Crippen LogP contribution is 2.32. The summed E-state index contributed by atoms with van der Waals surface area (Å²) in [7, 11) is 0. The largest absolute Gasteiger partial charge is 0.528 e. The summed E-state index contributed by atoms with van der Waals surface area (Å²) in [5.41, 5.74) is 3.94. The first-order chi connectivity index (χ1) is 21.3. The minimum atomic E-state index is -0.695. The molecule has 1 aliphatic heterocycles. The van der Waals surface area contributed by atoms with Crippen LogP contribution >= 0.6 is 0 Å². The average Bonchev–Trinajstić information content (AvgIpc) is 3.01. The molecule has 1 saturated heterocycles. The van der Waals surface area contributed by atoms with E-state index in [-0.39, 0.29) is 12.0 Å². The SMILES string of the molecule is CC(C)(C)OC(=O)ON1CCC(c2ccc(COCCOCc3ccccc3)cc2)C(OCc2ccc3ccccc3c2)C1. The molecule has 2 unspecified atom stereocenters. The Kier molecular flexibility index (Phi) is 11.0. The molecule has 2 atom stereocenters. The Balaban J connectivity index is 1.17. The average molecular weight is 598 g/mol. The molecule has 0 bridgehead atoms. The van der Waals surface area contributed by atoms with E-state index in [2.05, 4.69) is 66.7 Å². The van der Waals surface area contributed by atoms with E-state index < -0.39 is 11.8 Å². The molecule has 0 saturated carbocycles. The molecule has 7 heteroatoms. The Morgan fingerprint density at radius 2 is 1.39 bits per heavy atom. The van der Waals surface area contributed by atoms with Gasteiger partial charge in [0.15, 0.2) is 0 Å². The van der Waals surface area contributed by atoms with Gasteiger partial charge in [0.2, 0.25) is 0 Å². The highest BCUT2D eigenvalue weighted by atomic mass is 16.8. The number of hydroxylamine groups is 2. The predicted molar refractivity (Wildman–Crippen MR) is 171 cm³/mol. The maximum absolute atomic E-state index is 12.4. The Labute approximate surface area is 260 Å². The second-order valence-corrected chi connectivity index (χ2v) is 12.2. The molecule has 1 heterocycles. The van der Waals surface area contributed by atoms with Crippen LogP contribution in [-0.4, -0.2) is 49.2 Å². The number of nitrogens with zero attached hydrogens (tertiary/aromatic N) is 1. The van der Waals surface area contributed by atoms with Gasteiger partial charge in [-0.2, -0.15) is 0 Å².